The number of benzene rings is 1. The van der Waals surface area contributed by atoms with E-state index in [9.17, 15) is 4.79 Å². The first kappa shape index (κ1) is 11.0. The van der Waals surface area contributed by atoms with E-state index in [1.54, 1.807) is 4.90 Å². The van der Waals surface area contributed by atoms with Crippen molar-refractivity contribution in [2.45, 2.75) is 19.8 Å². The van der Waals surface area contributed by atoms with Crippen LogP contribution in [0, 0.1) is 0 Å². The van der Waals surface area contributed by atoms with Gasteiger partial charge in [0.1, 0.15) is 12.4 Å². The van der Waals surface area contributed by atoms with Crippen molar-refractivity contribution in [3.05, 3.63) is 29.3 Å². The summed E-state index contributed by atoms with van der Waals surface area (Å²) in [5, 5.41) is 0. The maximum Gasteiger partial charge on any atom is 0.257 e. The van der Waals surface area contributed by atoms with Gasteiger partial charge in [0.25, 0.3) is 5.91 Å². The molecule has 0 fully saturated rings. The molecule has 0 saturated heterocycles. The van der Waals surface area contributed by atoms with E-state index in [0.717, 1.165) is 0 Å². The molecule has 1 aliphatic heterocycles. The van der Waals surface area contributed by atoms with Gasteiger partial charge in [-0.3, -0.25) is 4.79 Å². The molecule has 0 N–H and O–H groups in total. The van der Waals surface area contributed by atoms with Gasteiger partial charge < -0.3 is 9.64 Å². The van der Waals surface area contributed by atoms with E-state index in [1.807, 2.05) is 25.2 Å². The molecule has 0 spiro atoms. The fourth-order valence-electron chi connectivity index (χ4n) is 1.80. The minimum Gasteiger partial charge on any atom is -0.491 e. The zero-order valence-corrected chi connectivity index (χ0v) is 9.99. The number of rotatable bonds is 1. The lowest BCUT2D eigenvalue weighted by molar-refractivity contribution is 0.0796. The van der Waals surface area contributed by atoms with Crippen molar-refractivity contribution in [3.8, 4) is 5.75 Å². The van der Waals surface area contributed by atoms with Gasteiger partial charge in [0.15, 0.2) is 0 Å². The molecule has 0 radical (unpaired) electrons. The Hall–Kier alpha value is -1.51. The number of nitrogens with zero attached hydrogens (tertiary/aromatic N) is 1. The van der Waals surface area contributed by atoms with Crippen molar-refractivity contribution in [1.82, 2.24) is 4.90 Å². The molecule has 0 saturated carbocycles. The van der Waals surface area contributed by atoms with Crippen molar-refractivity contribution >= 4 is 5.91 Å². The van der Waals surface area contributed by atoms with Gasteiger partial charge in [0.05, 0.1) is 12.1 Å². The lowest BCUT2D eigenvalue weighted by Gasteiger charge is -2.13. The molecule has 1 amide bonds. The first-order chi connectivity index (χ1) is 7.59. The molecule has 0 atom stereocenters. The van der Waals surface area contributed by atoms with Gasteiger partial charge >= 0.3 is 0 Å². The quantitative estimate of drug-likeness (QED) is 0.725. The molecular formula is C13H17NO2. The van der Waals surface area contributed by atoms with Crippen LogP contribution in [0.5, 0.6) is 5.75 Å². The fraction of sp³-hybridized carbons (Fsp3) is 0.462. The van der Waals surface area contributed by atoms with Crippen molar-refractivity contribution < 1.29 is 9.53 Å². The van der Waals surface area contributed by atoms with E-state index >= 15 is 0 Å². The van der Waals surface area contributed by atoms with Crippen LogP contribution in [0.1, 0.15) is 35.7 Å². The minimum absolute atomic E-state index is 0.0509. The van der Waals surface area contributed by atoms with Crippen LogP contribution >= 0.6 is 0 Å². The highest BCUT2D eigenvalue weighted by Crippen LogP contribution is 2.26. The summed E-state index contributed by atoms with van der Waals surface area (Å²) in [5.74, 6) is 1.18. The lowest BCUT2D eigenvalue weighted by atomic mass is 10.00. The molecule has 1 aromatic carbocycles. The Bertz CT molecular complexity index is 412. The molecular weight excluding hydrogens is 202 g/mol. The molecule has 16 heavy (non-hydrogen) atoms. The summed E-state index contributed by atoms with van der Waals surface area (Å²) in [6.45, 7) is 5.45. The number of carbonyl (C=O) groups excluding carboxylic acids is 1. The first-order valence-electron chi connectivity index (χ1n) is 5.62. The van der Waals surface area contributed by atoms with Gasteiger partial charge in [-0.2, -0.15) is 0 Å². The van der Waals surface area contributed by atoms with Crippen molar-refractivity contribution in [2.24, 2.45) is 0 Å². The average Bonchev–Trinajstić information content (AvgIpc) is 2.40. The van der Waals surface area contributed by atoms with Crippen molar-refractivity contribution in [2.75, 3.05) is 20.2 Å². The summed E-state index contributed by atoms with van der Waals surface area (Å²) in [6.07, 6.45) is 0. The van der Waals surface area contributed by atoms with Crippen molar-refractivity contribution in [3.63, 3.8) is 0 Å². The molecule has 1 aliphatic rings. The lowest BCUT2D eigenvalue weighted by Crippen LogP contribution is -2.27. The average molecular weight is 219 g/mol. The van der Waals surface area contributed by atoms with Crippen LogP contribution < -0.4 is 4.74 Å². The van der Waals surface area contributed by atoms with Crippen LogP contribution in [-0.2, 0) is 0 Å². The largest absolute Gasteiger partial charge is 0.491 e. The van der Waals surface area contributed by atoms with Gasteiger partial charge in [-0.15, -0.1) is 0 Å². The van der Waals surface area contributed by atoms with Gasteiger partial charge in [-0.05, 0) is 23.6 Å². The second-order valence-corrected chi connectivity index (χ2v) is 4.49. The number of hydrogen-bond donors (Lipinski definition) is 0. The zero-order chi connectivity index (χ0) is 11.7. The van der Waals surface area contributed by atoms with Crippen LogP contribution in [0.3, 0.4) is 0 Å². The number of fused-ring (bicyclic) bond motifs is 1. The molecule has 3 nitrogen and oxygen atoms in total. The smallest absolute Gasteiger partial charge is 0.257 e. The number of ether oxygens (including phenoxy) is 1. The fourth-order valence-corrected chi connectivity index (χ4v) is 1.80. The Morgan fingerprint density at radius 1 is 1.38 bits per heavy atom. The van der Waals surface area contributed by atoms with Crippen LogP contribution in [-0.4, -0.2) is 31.0 Å². The molecule has 2 rings (SSSR count). The number of amides is 1. The van der Waals surface area contributed by atoms with Crippen LogP contribution in [0.4, 0.5) is 0 Å². The molecule has 3 heteroatoms. The van der Waals surface area contributed by atoms with E-state index in [2.05, 4.69) is 13.8 Å². The Morgan fingerprint density at radius 2 is 2.12 bits per heavy atom. The van der Waals surface area contributed by atoms with Crippen molar-refractivity contribution in [1.29, 1.82) is 0 Å². The van der Waals surface area contributed by atoms with E-state index < -0.39 is 0 Å². The minimum atomic E-state index is 0.0509. The summed E-state index contributed by atoms with van der Waals surface area (Å²) in [6, 6.07) is 5.88. The first-order valence-corrected chi connectivity index (χ1v) is 5.62. The summed E-state index contributed by atoms with van der Waals surface area (Å²) in [5.41, 5.74) is 1.86. The highest BCUT2D eigenvalue weighted by Gasteiger charge is 2.21. The summed E-state index contributed by atoms with van der Waals surface area (Å²) >= 11 is 0. The monoisotopic (exact) mass is 219 g/mol. The van der Waals surface area contributed by atoms with E-state index in [0.29, 0.717) is 30.4 Å². The normalized spacial score (nSPS) is 15.8. The number of carbonyl (C=O) groups is 1. The molecule has 1 aromatic rings. The third-order valence-electron chi connectivity index (χ3n) is 2.93. The second-order valence-electron chi connectivity index (χ2n) is 4.49. The third kappa shape index (κ3) is 1.90. The molecule has 1 heterocycles. The molecule has 0 aromatic heterocycles. The van der Waals surface area contributed by atoms with E-state index in [-0.39, 0.29) is 5.91 Å². The summed E-state index contributed by atoms with van der Waals surface area (Å²) in [4.78, 5) is 13.8. The molecule has 0 bridgehead atoms. The summed E-state index contributed by atoms with van der Waals surface area (Å²) in [7, 11) is 1.81. The van der Waals surface area contributed by atoms with Crippen LogP contribution in [0.2, 0.25) is 0 Å². The third-order valence-corrected chi connectivity index (χ3v) is 2.93. The summed E-state index contributed by atoms with van der Waals surface area (Å²) < 4.78 is 5.56. The molecule has 0 aliphatic carbocycles. The number of hydrogen-bond acceptors (Lipinski definition) is 2. The Labute approximate surface area is 96.0 Å². The zero-order valence-electron chi connectivity index (χ0n) is 9.99. The predicted octanol–water partition coefficient (Wildman–Crippen LogP) is 2.27. The highest BCUT2D eigenvalue weighted by atomic mass is 16.5. The molecule has 0 unspecified atom stereocenters. The van der Waals surface area contributed by atoms with Gasteiger partial charge in [-0.25, -0.2) is 0 Å². The number of likely N-dealkylation sites (N-methyl/N-ethyl adjacent to an activating group) is 1. The maximum atomic E-state index is 12.1. The van der Waals surface area contributed by atoms with Gasteiger partial charge in [-0.1, -0.05) is 19.9 Å². The van der Waals surface area contributed by atoms with Gasteiger partial charge in [0, 0.05) is 7.05 Å². The Balaban J connectivity index is 2.46. The predicted molar refractivity (Wildman–Crippen MR) is 63.0 cm³/mol. The van der Waals surface area contributed by atoms with Crippen LogP contribution in [0.15, 0.2) is 18.2 Å². The van der Waals surface area contributed by atoms with E-state index in [1.165, 1.54) is 5.56 Å². The van der Waals surface area contributed by atoms with E-state index in [4.69, 9.17) is 4.74 Å². The highest BCUT2D eigenvalue weighted by molar-refractivity contribution is 5.97. The standard InChI is InChI=1S/C13H17NO2/c1-9(2)10-4-5-12-11(8-10)13(15)14(3)6-7-16-12/h4-5,8-9H,6-7H2,1-3H3. The topological polar surface area (TPSA) is 29.5 Å². The Kier molecular flexibility index (Phi) is 2.86. The maximum absolute atomic E-state index is 12.1. The second kappa shape index (κ2) is 4.16. The SMILES string of the molecule is CC(C)c1ccc2c(c1)C(=O)N(C)CCO2. The van der Waals surface area contributed by atoms with Crippen LogP contribution in [0.25, 0.3) is 0 Å². The Morgan fingerprint density at radius 3 is 2.81 bits per heavy atom. The molecule has 86 valence electrons. The van der Waals surface area contributed by atoms with Gasteiger partial charge in [0.2, 0.25) is 0 Å².